The zero-order valence-electron chi connectivity index (χ0n) is 15.2. The van der Waals surface area contributed by atoms with Crippen molar-refractivity contribution in [3.05, 3.63) is 39.5 Å². The predicted molar refractivity (Wildman–Crippen MR) is 93.8 cm³/mol. The van der Waals surface area contributed by atoms with Gasteiger partial charge in [-0.1, -0.05) is 11.6 Å². The van der Waals surface area contributed by atoms with Crippen LogP contribution in [0.5, 0.6) is 0 Å². The SMILES string of the molecule is Cc1cc(C(F)(F)F)cc(C)c1-c1nc(N=CN(C)C)nc(Cl)c1C(F)(F)F. The minimum atomic E-state index is -4.92. The summed E-state index contributed by atoms with van der Waals surface area (Å²) in [4.78, 5) is 12.7. The number of alkyl halides is 6. The zero-order chi connectivity index (χ0) is 21.4. The summed E-state index contributed by atoms with van der Waals surface area (Å²) in [6, 6.07) is 1.53. The van der Waals surface area contributed by atoms with Crippen molar-refractivity contribution in [2.24, 2.45) is 4.99 Å². The normalized spacial score (nSPS) is 12.7. The van der Waals surface area contributed by atoms with Crippen molar-refractivity contribution in [2.75, 3.05) is 14.1 Å². The van der Waals surface area contributed by atoms with Crippen LogP contribution in [0.1, 0.15) is 22.3 Å². The first-order valence-electron chi connectivity index (χ1n) is 7.76. The monoisotopic (exact) mass is 424 g/mol. The zero-order valence-corrected chi connectivity index (χ0v) is 15.9. The highest BCUT2D eigenvalue weighted by Gasteiger charge is 2.40. The molecule has 0 aliphatic carbocycles. The second-order valence-electron chi connectivity index (χ2n) is 6.23. The summed E-state index contributed by atoms with van der Waals surface area (Å²) in [5.41, 5.74) is -3.09. The van der Waals surface area contributed by atoms with Crippen molar-refractivity contribution in [2.45, 2.75) is 26.2 Å². The minimum absolute atomic E-state index is 0.0323. The molecule has 0 spiro atoms. The highest BCUT2D eigenvalue weighted by atomic mass is 35.5. The molecule has 0 atom stereocenters. The number of hydrogen-bond acceptors (Lipinski definition) is 3. The highest BCUT2D eigenvalue weighted by Crippen LogP contribution is 2.43. The molecule has 1 aromatic carbocycles. The lowest BCUT2D eigenvalue weighted by molar-refractivity contribution is -0.138. The van der Waals surface area contributed by atoms with Crippen LogP contribution in [-0.4, -0.2) is 35.3 Å². The van der Waals surface area contributed by atoms with Gasteiger partial charge in [-0.25, -0.2) is 9.98 Å². The van der Waals surface area contributed by atoms with Gasteiger partial charge >= 0.3 is 12.4 Å². The Hall–Kier alpha value is -2.36. The van der Waals surface area contributed by atoms with E-state index in [1.54, 1.807) is 14.1 Å². The van der Waals surface area contributed by atoms with Gasteiger partial charge in [-0.05, 0) is 37.1 Å². The molecule has 1 aromatic heterocycles. The highest BCUT2D eigenvalue weighted by molar-refractivity contribution is 6.30. The van der Waals surface area contributed by atoms with Crippen LogP contribution < -0.4 is 0 Å². The number of aliphatic imine (C=N–C) groups is 1. The van der Waals surface area contributed by atoms with E-state index in [9.17, 15) is 26.3 Å². The first-order chi connectivity index (χ1) is 12.7. The Morgan fingerprint density at radius 1 is 0.964 bits per heavy atom. The molecule has 2 aromatic rings. The Bertz CT molecular complexity index is 896. The lowest BCUT2D eigenvalue weighted by Gasteiger charge is -2.18. The van der Waals surface area contributed by atoms with Gasteiger partial charge < -0.3 is 4.90 Å². The Labute approximate surface area is 161 Å². The predicted octanol–water partition coefficient (Wildman–Crippen LogP) is 5.67. The van der Waals surface area contributed by atoms with E-state index in [1.165, 1.54) is 25.1 Å². The molecule has 0 saturated carbocycles. The van der Waals surface area contributed by atoms with E-state index >= 15 is 0 Å². The summed E-state index contributed by atoms with van der Waals surface area (Å²) in [6.07, 6.45) is -8.29. The molecule has 11 heteroatoms. The van der Waals surface area contributed by atoms with E-state index in [0.29, 0.717) is 0 Å². The number of rotatable bonds is 3. The molecule has 1 heterocycles. The second-order valence-corrected chi connectivity index (χ2v) is 6.58. The van der Waals surface area contributed by atoms with Crippen LogP contribution in [0.25, 0.3) is 11.3 Å². The average Bonchev–Trinajstić information content (AvgIpc) is 2.49. The van der Waals surface area contributed by atoms with E-state index < -0.39 is 34.3 Å². The van der Waals surface area contributed by atoms with Crippen molar-refractivity contribution in [3.8, 4) is 11.3 Å². The molecule has 28 heavy (non-hydrogen) atoms. The smallest absolute Gasteiger partial charge is 0.369 e. The Kier molecular flexibility index (Phi) is 5.93. The van der Waals surface area contributed by atoms with Crippen LogP contribution in [0, 0.1) is 13.8 Å². The van der Waals surface area contributed by atoms with Gasteiger partial charge in [0, 0.05) is 19.7 Å². The molecule has 0 N–H and O–H groups in total. The molecular weight excluding hydrogens is 410 g/mol. The van der Waals surface area contributed by atoms with Gasteiger partial charge in [0.15, 0.2) is 0 Å². The van der Waals surface area contributed by atoms with Gasteiger partial charge in [0.1, 0.15) is 10.7 Å². The molecule has 0 amide bonds. The molecule has 0 fully saturated rings. The second kappa shape index (κ2) is 7.57. The fourth-order valence-corrected chi connectivity index (χ4v) is 2.85. The first kappa shape index (κ1) is 21.9. The summed E-state index contributed by atoms with van der Waals surface area (Å²) in [5, 5.41) is -0.887. The number of halogens is 7. The van der Waals surface area contributed by atoms with E-state index in [2.05, 4.69) is 15.0 Å². The van der Waals surface area contributed by atoms with Crippen LogP contribution in [0.15, 0.2) is 17.1 Å². The van der Waals surface area contributed by atoms with Gasteiger partial charge in [0.2, 0.25) is 0 Å². The van der Waals surface area contributed by atoms with Crippen molar-refractivity contribution in [1.82, 2.24) is 14.9 Å². The third-order valence-electron chi connectivity index (χ3n) is 3.64. The number of aromatic nitrogens is 2. The molecule has 0 unspecified atom stereocenters. The quantitative estimate of drug-likeness (QED) is 0.276. The fraction of sp³-hybridized carbons (Fsp3) is 0.353. The van der Waals surface area contributed by atoms with Gasteiger partial charge in [-0.2, -0.15) is 31.3 Å². The maximum Gasteiger partial charge on any atom is 0.421 e. The van der Waals surface area contributed by atoms with Crippen LogP contribution in [-0.2, 0) is 12.4 Å². The molecule has 0 bridgehead atoms. The maximum absolute atomic E-state index is 13.6. The van der Waals surface area contributed by atoms with Crippen LogP contribution in [0.2, 0.25) is 5.15 Å². The standard InChI is InChI=1S/C17H15ClF6N4/c1-8-5-10(16(19,20)21)6-9(2)11(8)13-12(17(22,23)24)14(18)27-15(26-13)25-7-28(3)4/h5-7H,1-4H3. The maximum atomic E-state index is 13.6. The molecule has 0 aliphatic heterocycles. The molecule has 0 saturated heterocycles. The molecule has 0 aliphatic rings. The number of benzene rings is 1. The van der Waals surface area contributed by atoms with E-state index in [1.807, 2.05) is 0 Å². The van der Waals surface area contributed by atoms with Crippen LogP contribution in [0.3, 0.4) is 0 Å². The van der Waals surface area contributed by atoms with E-state index in [-0.39, 0.29) is 22.6 Å². The van der Waals surface area contributed by atoms with Crippen molar-refractivity contribution >= 4 is 23.9 Å². The largest absolute Gasteiger partial charge is 0.421 e. The number of nitrogens with zero attached hydrogens (tertiary/aromatic N) is 4. The Morgan fingerprint density at radius 2 is 1.50 bits per heavy atom. The molecule has 2 rings (SSSR count). The molecular formula is C17H15ClF6N4. The van der Waals surface area contributed by atoms with E-state index in [0.717, 1.165) is 12.1 Å². The summed E-state index contributed by atoms with van der Waals surface area (Å²) in [6.45, 7) is 2.55. The summed E-state index contributed by atoms with van der Waals surface area (Å²) in [7, 11) is 3.25. The molecule has 152 valence electrons. The third-order valence-corrected chi connectivity index (χ3v) is 3.91. The van der Waals surface area contributed by atoms with Gasteiger partial charge in [0.25, 0.3) is 5.95 Å². The van der Waals surface area contributed by atoms with Crippen LogP contribution >= 0.6 is 11.6 Å². The Balaban J connectivity index is 2.83. The van der Waals surface area contributed by atoms with Gasteiger partial charge in [-0.15, -0.1) is 0 Å². The fourth-order valence-electron chi connectivity index (χ4n) is 2.58. The van der Waals surface area contributed by atoms with Crippen molar-refractivity contribution < 1.29 is 26.3 Å². The third kappa shape index (κ3) is 4.73. The molecule has 0 radical (unpaired) electrons. The minimum Gasteiger partial charge on any atom is -0.369 e. The summed E-state index contributed by atoms with van der Waals surface area (Å²) >= 11 is 5.75. The summed E-state index contributed by atoms with van der Waals surface area (Å²) < 4.78 is 79.8. The number of hydrogen-bond donors (Lipinski definition) is 0. The van der Waals surface area contributed by atoms with E-state index in [4.69, 9.17) is 11.6 Å². The van der Waals surface area contributed by atoms with Gasteiger partial charge in [-0.3, -0.25) is 0 Å². The van der Waals surface area contributed by atoms with Crippen molar-refractivity contribution in [3.63, 3.8) is 0 Å². The summed E-state index contributed by atoms with van der Waals surface area (Å²) in [5.74, 6) is -0.347. The average molecular weight is 425 g/mol. The lowest BCUT2D eigenvalue weighted by atomic mass is 9.94. The van der Waals surface area contributed by atoms with Crippen LogP contribution in [0.4, 0.5) is 32.3 Å². The lowest BCUT2D eigenvalue weighted by Crippen LogP contribution is -2.13. The van der Waals surface area contributed by atoms with Gasteiger partial charge in [0.05, 0.1) is 17.6 Å². The number of aryl methyl sites for hydroxylation is 2. The first-order valence-corrected chi connectivity index (χ1v) is 8.13. The molecule has 4 nitrogen and oxygen atoms in total. The Morgan fingerprint density at radius 3 is 1.93 bits per heavy atom. The topological polar surface area (TPSA) is 41.4 Å². The van der Waals surface area contributed by atoms with Crippen molar-refractivity contribution in [1.29, 1.82) is 0 Å².